The largest absolute Gasteiger partial charge is 0.573 e. The Balaban J connectivity index is 1.40. The highest BCUT2D eigenvalue weighted by atomic mass is 35.5. The van der Waals surface area contributed by atoms with Crippen LogP contribution >= 0.6 is 23.2 Å². The van der Waals surface area contributed by atoms with Gasteiger partial charge in [-0.05, 0) is 61.9 Å². The van der Waals surface area contributed by atoms with Crippen LogP contribution in [-0.2, 0) is 29.5 Å². The Morgan fingerprint density at radius 3 is 2.10 bits per heavy atom. The van der Waals surface area contributed by atoms with E-state index < -0.39 is 114 Å². The number of benzene rings is 2. The molecule has 0 unspecified atom stereocenters. The van der Waals surface area contributed by atoms with Gasteiger partial charge >= 0.3 is 42.5 Å². The number of amides is 1. The molecule has 1 N–H and O–H groups in total. The number of ether oxygens (including phenoxy) is 4. The maximum atomic E-state index is 14.9. The fourth-order valence-corrected chi connectivity index (χ4v) is 6.60. The summed E-state index contributed by atoms with van der Waals surface area (Å²) in [7, 11) is 0. The van der Waals surface area contributed by atoms with Crippen molar-refractivity contribution in [1.29, 1.82) is 5.26 Å². The lowest BCUT2D eigenvalue weighted by Crippen LogP contribution is -2.50. The zero-order chi connectivity index (χ0) is 44.6. The summed E-state index contributed by atoms with van der Waals surface area (Å²) in [5.41, 5.74) is -11.5. The second kappa shape index (κ2) is 16.9. The van der Waals surface area contributed by atoms with E-state index in [-0.39, 0.29) is 53.5 Å². The van der Waals surface area contributed by atoms with E-state index in [1.165, 1.54) is 12.1 Å². The topological polar surface area (TPSA) is 170 Å². The molecular formula is C35H26Cl2F10N4O9. The number of carboxylic acid groups (broad SMARTS) is 1. The summed E-state index contributed by atoms with van der Waals surface area (Å²) in [4.78, 5) is 50.3. The van der Waals surface area contributed by atoms with Gasteiger partial charge in [0.2, 0.25) is 0 Å². The molecule has 0 bridgehead atoms. The lowest BCUT2D eigenvalue weighted by molar-refractivity contribution is -0.348. The zero-order valence-corrected chi connectivity index (χ0v) is 31.4. The van der Waals surface area contributed by atoms with Crippen LogP contribution < -0.4 is 4.74 Å². The number of carbonyl (C=O) groups is 4. The maximum Gasteiger partial charge on any atom is 0.573 e. The number of hydrogen-bond acceptors (Lipinski definition) is 10. The Bertz CT molecular complexity index is 2190. The molecule has 1 aromatic heterocycles. The van der Waals surface area contributed by atoms with Gasteiger partial charge in [-0.25, -0.2) is 13.9 Å². The van der Waals surface area contributed by atoms with Gasteiger partial charge < -0.3 is 24.1 Å². The number of nitrogens with zero attached hydrogens (tertiary/aromatic N) is 4. The molecule has 13 nitrogen and oxygen atoms in total. The van der Waals surface area contributed by atoms with E-state index in [9.17, 15) is 68.3 Å². The molecule has 0 spiro atoms. The summed E-state index contributed by atoms with van der Waals surface area (Å²) in [5, 5.41) is 21.0. The van der Waals surface area contributed by atoms with Gasteiger partial charge in [0.05, 0.1) is 40.7 Å². The maximum absolute atomic E-state index is 14.9. The van der Waals surface area contributed by atoms with E-state index in [1.54, 1.807) is 0 Å². The number of aliphatic carboxylic acids is 1. The Labute approximate surface area is 340 Å². The Morgan fingerprint density at radius 2 is 1.53 bits per heavy atom. The SMILES string of the molecule is N#CC1(N(COC(=O)O[C@H]2CCC[C@H]2OC(=O)CCC(=O)O)C(=O)c2cc(-c3cnn(-c4c(Cl)cc(C(F)(C(F)(F)F)C(F)(F)F)cc4OC(F)(F)F)c3)ccc2Cl)CC1. The number of carboxylic acids is 1. The molecule has 25 heteroatoms. The minimum absolute atomic E-state index is 0.0178. The number of hydrogen-bond donors (Lipinski definition) is 1. The molecule has 2 atom stereocenters. The van der Waals surface area contributed by atoms with Gasteiger partial charge in [0.15, 0.2) is 12.5 Å². The summed E-state index contributed by atoms with van der Waals surface area (Å²) in [6, 6.07) is 4.85. The number of nitriles is 1. The third-order valence-electron chi connectivity index (χ3n) is 9.25. The molecule has 1 amide bonds. The number of alkyl halides is 10. The number of aromatic nitrogens is 2. The van der Waals surface area contributed by atoms with Gasteiger partial charge in [0.1, 0.15) is 23.4 Å². The number of rotatable bonds is 13. The number of esters is 1. The van der Waals surface area contributed by atoms with Crippen molar-refractivity contribution in [3.8, 4) is 28.6 Å². The molecule has 1 heterocycles. The fraction of sp³-hybridized carbons (Fsp3) is 0.429. The normalized spacial score (nSPS) is 17.6. The molecule has 2 aromatic carbocycles. The van der Waals surface area contributed by atoms with Crippen molar-refractivity contribution in [2.24, 2.45) is 0 Å². The van der Waals surface area contributed by atoms with E-state index in [4.69, 9.17) is 42.5 Å². The second-order valence-corrected chi connectivity index (χ2v) is 14.1. The zero-order valence-electron chi connectivity index (χ0n) is 29.9. The first-order valence-electron chi connectivity index (χ1n) is 17.0. The van der Waals surface area contributed by atoms with Gasteiger partial charge in [-0.1, -0.05) is 29.3 Å². The fourth-order valence-electron chi connectivity index (χ4n) is 6.10. The highest BCUT2D eigenvalue weighted by Crippen LogP contribution is 2.55. The van der Waals surface area contributed by atoms with Crippen LogP contribution in [0, 0.1) is 11.3 Å². The lowest BCUT2D eigenvalue weighted by Gasteiger charge is -2.31. The van der Waals surface area contributed by atoms with Crippen molar-refractivity contribution in [1.82, 2.24) is 14.7 Å². The Hall–Kier alpha value is -5.50. The van der Waals surface area contributed by atoms with E-state index in [2.05, 4.69) is 9.84 Å². The van der Waals surface area contributed by atoms with Crippen LogP contribution in [-0.4, -0.2) is 87.0 Å². The standard InChI is InChI=1S/C35H26Cl2F10N4O9/c36-21-5-4-17(18-13-49-51(14-18)28-22(37)11-19(12-25(28)60-35(45,46)47)32(38,33(39,40)41)34(42,43)44)10-20(21)29(55)50(31(15-48)8-9-31)16-57-30(56)59-24-3-1-2-23(24)58-27(54)7-6-26(52)53/h4-5,10-14,23-24H,1-3,6-9,16H2,(H,52,53)/t23-,24+/m1/s1. The smallest absolute Gasteiger partial charge is 0.481 e. The third-order valence-corrected chi connectivity index (χ3v) is 9.86. The van der Waals surface area contributed by atoms with Gasteiger partial charge in [0.25, 0.3) is 5.91 Å². The van der Waals surface area contributed by atoms with Crippen LogP contribution in [0.2, 0.25) is 10.0 Å². The van der Waals surface area contributed by atoms with Crippen LogP contribution in [0.3, 0.4) is 0 Å². The van der Waals surface area contributed by atoms with E-state index in [0.717, 1.165) is 23.4 Å². The van der Waals surface area contributed by atoms with Crippen LogP contribution in [0.25, 0.3) is 16.8 Å². The molecule has 60 heavy (non-hydrogen) atoms. The van der Waals surface area contributed by atoms with Crippen molar-refractivity contribution >= 4 is 47.2 Å². The van der Waals surface area contributed by atoms with Crippen LogP contribution in [0.5, 0.6) is 5.75 Å². The van der Waals surface area contributed by atoms with Gasteiger partial charge in [0, 0.05) is 17.3 Å². The van der Waals surface area contributed by atoms with Gasteiger partial charge in [-0.15, -0.1) is 13.2 Å². The molecule has 0 saturated heterocycles. The van der Waals surface area contributed by atoms with Crippen LogP contribution in [0.15, 0.2) is 42.7 Å². The van der Waals surface area contributed by atoms with E-state index >= 15 is 0 Å². The van der Waals surface area contributed by atoms with Crippen molar-refractivity contribution in [3.63, 3.8) is 0 Å². The predicted octanol–water partition coefficient (Wildman–Crippen LogP) is 8.97. The molecule has 324 valence electrons. The highest BCUT2D eigenvalue weighted by molar-refractivity contribution is 6.34. The molecule has 3 aromatic rings. The summed E-state index contributed by atoms with van der Waals surface area (Å²) < 4.78 is 156. The quantitative estimate of drug-likeness (QED) is 0.0987. The first-order valence-corrected chi connectivity index (χ1v) is 17.8. The molecule has 2 fully saturated rings. The lowest BCUT2D eigenvalue weighted by atomic mass is 9.93. The minimum Gasteiger partial charge on any atom is -0.481 e. The van der Waals surface area contributed by atoms with Crippen molar-refractivity contribution in [2.75, 3.05) is 6.73 Å². The number of carbonyl (C=O) groups excluding carboxylic acids is 3. The van der Waals surface area contributed by atoms with E-state index in [1.807, 2.05) is 6.07 Å². The highest BCUT2D eigenvalue weighted by Gasteiger charge is 2.73. The monoisotopic (exact) mass is 906 g/mol. The van der Waals surface area contributed by atoms with Crippen molar-refractivity contribution < 1.29 is 87.1 Å². The molecular weight excluding hydrogens is 881 g/mol. The van der Waals surface area contributed by atoms with Crippen LogP contribution in [0.4, 0.5) is 48.7 Å². The summed E-state index contributed by atoms with van der Waals surface area (Å²) in [6.45, 7) is -0.862. The summed E-state index contributed by atoms with van der Waals surface area (Å²) in [6.07, 6.45) is -20.2. The summed E-state index contributed by atoms with van der Waals surface area (Å²) >= 11 is 12.2. The second-order valence-electron chi connectivity index (χ2n) is 13.3. The summed E-state index contributed by atoms with van der Waals surface area (Å²) in [5.74, 6) is -4.84. The minimum atomic E-state index is -6.71. The Morgan fingerprint density at radius 1 is 0.900 bits per heavy atom. The average Bonchev–Trinajstić information content (AvgIpc) is 3.56. The van der Waals surface area contributed by atoms with Gasteiger partial charge in [-0.3, -0.25) is 19.3 Å². The third kappa shape index (κ3) is 9.75. The van der Waals surface area contributed by atoms with Crippen molar-refractivity contribution in [3.05, 3.63) is 63.9 Å². The molecule has 2 saturated carbocycles. The van der Waals surface area contributed by atoms with Crippen LogP contribution in [0.1, 0.15) is 60.9 Å². The molecule has 0 aliphatic heterocycles. The van der Waals surface area contributed by atoms with Gasteiger partial charge in [-0.2, -0.15) is 36.7 Å². The first-order chi connectivity index (χ1) is 27.8. The average molecular weight is 907 g/mol. The molecule has 2 aliphatic rings. The Kier molecular flexibility index (Phi) is 12.8. The molecule has 0 radical (unpaired) electrons. The predicted molar refractivity (Wildman–Crippen MR) is 181 cm³/mol. The van der Waals surface area contributed by atoms with Crippen molar-refractivity contribution in [2.45, 2.75) is 87.1 Å². The molecule has 2 aliphatic carbocycles. The first kappa shape index (κ1) is 45.6. The number of halogens is 12. The molecule has 5 rings (SSSR count). The van der Waals surface area contributed by atoms with E-state index in [0.29, 0.717) is 11.1 Å².